The zero-order chi connectivity index (χ0) is 24.7. The summed E-state index contributed by atoms with van der Waals surface area (Å²) < 4.78 is 10.5. The summed E-state index contributed by atoms with van der Waals surface area (Å²) in [6.07, 6.45) is 3.31. The van der Waals surface area contributed by atoms with Gasteiger partial charge in [-0.15, -0.1) is 0 Å². The average Bonchev–Trinajstić information content (AvgIpc) is 3.48. The van der Waals surface area contributed by atoms with Crippen LogP contribution < -0.4 is 11.2 Å². The number of benzene rings is 2. The summed E-state index contributed by atoms with van der Waals surface area (Å²) in [4.78, 5) is 31.9. The van der Waals surface area contributed by atoms with Gasteiger partial charge in [0.05, 0.1) is 24.7 Å². The van der Waals surface area contributed by atoms with Crippen molar-refractivity contribution in [2.75, 3.05) is 6.61 Å². The molecule has 1 saturated heterocycles. The van der Waals surface area contributed by atoms with Crippen LogP contribution in [-0.2, 0) is 23.2 Å². The van der Waals surface area contributed by atoms with E-state index >= 15 is 0 Å². The molecule has 0 saturated carbocycles. The number of nitrogens with zero attached hydrogens (tertiary/aromatic N) is 4. The van der Waals surface area contributed by atoms with Gasteiger partial charge in [0.25, 0.3) is 5.56 Å². The molecule has 0 bridgehead atoms. The number of para-hydroxylation sites is 1. The van der Waals surface area contributed by atoms with Crippen molar-refractivity contribution in [3.8, 4) is 5.69 Å². The Kier molecular flexibility index (Phi) is 5.97. The van der Waals surface area contributed by atoms with Crippen LogP contribution in [-0.4, -0.2) is 31.4 Å². The third-order valence-corrected chi connectivity index (χ3v) is 6.84. The van der Waals surface area contributed by atoms with Gasteiger partial charge < -0.3 is 9.30 Å². The molecule has 0 radical (unpaired) electrons. The molecule has 0 amide bonds. The van der Waals surface area contributed by atoms with Crippen molar-refractivity contribution in [2.24, 2.45) is 0 Å². The van der Waals surface area contributed by atoms with Crippen molar-refractivity contribution in [1.82, 2.24) is 18.7 Å². The summed E-state index contributed by atoms with van der Waals surface area (Å²) in [5.41, 5.74) is 4.14. The first-order valence-electron chi connectivity index (χ1n) is 12.2. The number of rotatable bonds is 5. The van der Waals surface area contributed by atoms with Crippen LogP contribution in [0.25, 0.3) is 16.9 Å². The number of aryl methyl sites for hydroxylation is 1. The van der Waals surface area contributed by atoms with Gasteiger partial charge in [0.2, 0.25) is 0 Å². The van der Waals surface area contributed by atoms with Crippen LogP contribution in [0.15, 0.2) is 64.4 Å². The summed E-state index contributed by atoms with van der Waals surface area (Å²) in [6.45, 7) is 9.91. The quantitative estimate of drug-likeness (QED) is 0.437. The Hall–Kier alpha value is -3.45. The molecule has 1 atom stereocenters. The van der Waals surface area contributed by atoms with Crippen molar-refractivity contribution < 1.29 is 4.74 Å². The van der Waals surface area contributed by atoms with E-state index in [1.54, 1.807) is 10.9 Å². The van der Waals surface area contributed by atoms with E-state index in [4.69, 9.17) is 4.74 Å². The Bertz CT molecular complexity index is 1480. The van der Waals surface area contributed by atoms with Crippen LogP contribution in [0.2, 0.25) is 0 Å². The summed E-state index contributed by atoms with van der Waals surface area (Å²) in [5, 5.41) is 0. The Morgan fingerprint density at radius 3 is 2.46 bits per heavy atom. The molecule has 5 rings (SSSR count). The van der Waals surface area contributed by atoms with Gasteiger partial charge in [0, 0.05) is 13.2 Å². The number of ether oxygens (including phenoxy) is 1. The van der Waals surface area contributed by atoms with Gasteiger partial charge in [-0.1, -0.05) is 63.2 Å². The second-order valence-electron chi connectivity index (χ2n) is 10.4. The molecular weight excluding hydrogens is 440 g/mol. The number of hydrogen-bond donors (Lipinski definition) is 0. The fourth-order valence-electron chi connectivity index (χ4n) is 4.79. The molecule has 0 spiro atoms. The smallest absolute Gasteiger partial charge is 0.337 e. The molecule has 0 aliphatic carbocycles. The third-order valence-electron chi connectivity index (χ3n) is 6.84. The van der Waals surface area contributed by atoms with Gasteiger partial charge >= 0.3 is 5.69 Å². The molecule has 1 aliphatic heterocycles. The van der Waals surface area contributed by atoms with Gasteiger partial charge in [-0.2, -0.15) is 0 Å². The first-order chi connectivity index (χ1) is 16.7. The van der Waals surface area contributed by atoms with Gasteiger partial charge in [-0.05, 0) is 47.9 Å². The topological polar surface area (TPSA) is 71.1 Å². The highest BCUT2D eigenvalue weighted by Gasteiger charge is 2.24. The molecule has 4 aromatic rings. The fourth-order valence-corrected chi connectivity index (χ4v) is 4.79. The maximum Gasteiger partial charge on any atom is 0.337 e. The molecule has 7 nitrogen and oxygen atoms in total. The summed E-state index contributed by atoms with van der Waals surface area (Å²) in [5.74, 6) is 0. The van der Waals surface area contributed by atoms with Gasteiger partial charge in [0.15, 0.2) is 11.2 Å². The molecule has 1 aliphatic rings. The Labute approximate surface area is 204 Å². The van der Waals surface area contributed by atoms with Gasteiger partial charge in [-0.3, -0.25) is 9.36 Å². The molecule has 0 N–H and O–H groups in total. The van der Waals surface area contributed by atoms with E-state index in [1.165, 1.54) is 10.1 Å². The molecule has 2 aromatic heterocycles. The van der Waals surface area contributed by atoms with Gasteiger partial charge in [0.1, 0.15) is 0 Å². The van der Waals surface area contributed by atoms with Crippen LogP contribution in [0, 0.1) is 6.92 Å². The molecule has 1 fully saturated rings. The standard InChI is InChI=1S/C28H32N4O3/c1-19-8-5-6-10-23(19)32-25-24(26(33)31(27(32)34)17-22-9-7-15-35-22)30(18-29-25)16-20-11-13-21(14-12-20)28(2,3)4/h5-6,8,10-14,18,22H,7,9,15-17H2,1-4H3. The summed E-state index contributed by atoms with van der Waals surface area (Å²) in [7, 11) is 0. The second-order valence-corrected chi connectivity index (χ2v) is 10.4. The highest BCUT2D eigenvalue weighted by molar-refractivity contribution is 5.73. The fraction of sp³-hybridized carbons (Fsp3) is 0.393. The predicted octanol–water partition coefficient (Wildman–Crippen LogP) is 4.18. The first kappa shape index (κ1) is 23.3. The maximum atomic E-state index is 13.7. The SMILES string of the molecule is Cc1ccccc1-n1c(=O)n(CC2CCCO2)c(=O)c2c1ncn2Cc1ccc(C(C)(C)C)cc1. The first-order valence-corrected chi connectivity index (χ1v) is 12.2. The normalized spacial score (nSPS) is 16.3. The molecular formula is C28H32N4O3. The molecule has 182 valence electrons. The second kappa shape index (κ2) is 8.96. The largest absolute Gasteiger partial charge is 0.376 e. The monoisotopic (exact) mass is 472 g/mol. The van der Waals surface area contributed by atoms with Gasteiger partial charge in [-0.25, -0.2) is 14.3 Å². The Morgan fingerprint density at radius 1 is 1.06 bits per heavy atom. The number of aromatic nitrogens is 4. The molecule has 2 aromatic carbocycles. The number of imidazole rings is 1. The van der Waals surface area contributed by atoms with Crippen molar-refractivity contribution in [2.45, 2.75) is 65.1 Å². The van der Waals surface area contributed by atoms with Crippen LogP contribution in [0.1, 0.15) is 50.3 Å². The molecule has 1 unspecified atom stereocenters. The zero-order valence-corrected chi connectivity index (χ0v) is 20.8. The lowest BCUT2D eigenvalue weighted by Gasteiger charge is -2.19. The lowest BCUT2D eigenvalue weighted by Crippen LogP contribution is -2.42. The van der Waals surface area contributed by atoms with E-state index in [0.29, 0.717) is 24.3 Å². The molecule has 35 heavy (non-hydrogen) atoms. The highest BCUT2D eigenvalue weighted by Crippen LogP contribution is 2.23. The van der Waals surface area contributed by atoms with E-state index in [1.807, 2.05) is 35.8 Å². The van der Waals surface area contributed by atoms with E-state index in [9.17, 15) is 9.59 Å². The van der Waals surface area contributed by atoms with Crippen molar-refractivity contribution in [1.29, 1.82) is 0 Å². The lowest BCUT2D eigenvalue weighted by molar-refractivity contribution is 0.0950. The van der Waals surface area contributed by atoms with Crippen LogP contribution in [0.3, 0.4) is 0 Å². The predicted molar refractivity (Wildman–Crippen MR) is 138 cm³/mol. The molecule has 3 heterocycles. The van der Waals surface area contributed by atoms with E-state index in [2.05, 4.69) is 50.0 Å². The lowest BCUT2D eigenvalue weighted by atomic mass is 9.87. The van der Waals surface area contributed by atoms with Crippen LogP contribution in [0.5, 0.6) is 0 Å². The van der Waals surface area contributed by atoms with Crippen LogP contribution in [0.4, 0.5) is 0 Å². The minimum absolute atomic E-state index is 0.0693. The van der Waals surface area contributed by atoms with E-state index < -0.39 is 0 Å². The van der Waals surface area contributed by atoms with E-state index in [0.717, 1.165) is 29.7 Å². The van der Waals surface area contributed by atoms with Crippen molar-refractivity contribution in [3.63, 3.8) is 0 Å². The minimum Gasteiger partial charge on any atom is -0.376 e. The Morgan fingerprint density at radius 2 is 1.80 bits per heavy atom. The maximum absolute atomic E-state index is 13.7. The number of fused-ring (bicyclic) bond motifs is 1. The minimum atomic E-state index is -0.382. The average molecular weight is 473 g/mol. The van der Waals surface area contributed by atoms with Crippen molar-refractivity contribution in [3.05, 3.63) is 92.4 Å². The number of hydrogen-bond acceptors (Lipinski definition) is 4. The molecule has 7 heteroatoms. The van der Waals surface area contributed by atoms with Crippen molar-refractivity contribution >= 4 is 11.2 Å². The zero-order valence-electron chi connectivity index (χ0n) is 20.8. The third kappa shape index (κ3) is 4.36. The summed E-state index contributed by atoms with van der Waals surface area (Å²) in [6, 6.07) is 16.1. The summed E-state index contributed by atoms with van der Waals surface area (Å²) >= 11 is 0. The van der Waals surface area contributed by atoms with Crippen LogP contribution >= 0.6 is 0 Å². The van der Waals surface area contributed by atoms with E-state index in [-0.39, 0.29) is 29.3 Å². The highest BCUT2D eigenvalue weighted by atomic mass is 16.5. The Balaban J connectivity index is 1.67.